The number of hydrogen-bond donors (Lipinski definition) is 2. The van der Waals surface area contributed by atoms with Gasteiger partial charge in [0.2, 0.25) is 0 Å². The summed E-state index contributed by atoms with van der Waals surface area (Å²) in [5.74, 6) is -0.597. The minimum Gasteiger partial charge on any atom is -0.478 e. The first-order valence-corrected chi connectivity index (χ1v) is 6.35. The second kappa shape index (κ2) is 4.96. The van der Waals surface area contributed by atoms with Gasteiger partial charge in [-0.3, -0.25) is 0 Å². The van der Waals surface area contributed by atoms with Crippen LogP contribution in [0.5, 0.6) is 0 Å². The van der Waals surface area contributed by atoms with Gasteiger partial charge in [-0.25, -0.2) is 9.18 Å². The number of carbonyl (C=O) groups is 1. The van der Waals surface area contributed by atoms with Crippen molar-refractivity contribution in [2.24, 2.45) is 0 Å². The minimum atomic E-state index is -1.16. The third-order valence-electron chi connectivity index (χ3n) is 3.18. The average Bonchev–Trinajstić information content (AvgIpc) is 3.15. The summed E-state index contributed by atoms with van der Waals surface area (Å²) in [6, 6.07) is 5.48. The Morgan fingerprint density at radius 1 is 1.40 bits per heavy atom. The zero-order valence-electron chi connectivity index (χ0n) is 10.6. The Morgan fingerprint density at radius 3 is 2.90 bits per heavy atom. The summed E-state index contributed by atoms with van der Waals surface area (Å²) in [6.07, 6.45) is 2.29. The topological polar surface area (TPSA) is 75.4 Å². The highest BCUT2D eigenvalue weighted by molar-refractivity contribution is 5.88. The number of hydrogen-bond acceptors (Lipinski definition) is 4. The van der Waals surface area contributed by atoms with Gasteiger partial charge in [-0.2, -0.15) is 0 Å². The molecule has 104 valence electrons. The summed E-state index contributed by atoms with van der Waals surface area (Å²) >= 11 is 0. The molecule has 1 saturated carbocycles. The number of anilines is 1. The quantitative estimate of drug-likeness (QED) is 0.878. The van der Waals surface area contributed by atoms with Gasteiger partial charge < -0.3 is 14.9 Å². The van der Waals surface area contributed by atoms with E-state index in [1.807, 2.05) is 6.07 Å². The highest BCUT2D eigenvalue weighted by atomic mass is 19.1. The van der Waals surface area contributed by atoms with Crippen LogP contribution in [0.25, 0.3) is 0 Å². The molecule has 20 heavy (non-hydrogen) atoms. The van der Waals surface area contributed by atoms with Gasteiger partial charge in [0.05, 0.1) is 17.8 Å². The highest BCUT2D eigenvalue weighted by Gasteiger charge is 2.26. The highest BCUT2D eigenvalue weighted by Crippen LogP contribution is 2.39. The van der Waals surface area contributed by atoms with E-state index in [1.165, 1.54) is 12.1 Å². The van der Waals surface area contributed by atoms with Crippen LogP contribution in [0, 0.1) is 5.82 Å². The molecule has 0 spiro atoms. The third-order valence-corrected chi connectivity index (χ3v) is 3.18. The molecule has 1 aromatic heterocycles. The first-order chi connectivity index (χ1) is 9.61. The molecule has 0 amide bonds. The summed E-state index contributed by atoms with van der Waals surface area (Å²) in [7, 11) is 0. The van der Waals surface area contributed by atoms with Gasteiger partial charge in [0, 0.05) is 17.7 Å². The first kappa shape index (κ1) is 12.7. The fraction of sp³-hybridized carbons (Fsp3) is 0.286. The van der Waals surface area contributed by atoms with Crippen molar-refractivity contribution in [3.05, 3.63) is 47.1 Å². The van der Waals surface area contributed by atoms with Crippen molar-refractivity contribution < 1.29 is 18.8 Å². The number of carboxylic acid groups (broad SMARTS) is 1. The van der Waals surface area contributed by atoms with Gasteiger partial charge >= 0.3 is 5.97 Å². The predicted octanol–water partition coefficient (Wildman–Crippen LogP) is 3.00. The summed E-state index contributed by atoms with van der Waals surface area (Å²) in [5, 5.41) is 15.8. The standard InChI is InChI=1S/C14H13FN2O3/c15-10-3-9(14(18)19)4-11(5-10)16-7-12-6-13(17-20-12)8-1-2-8/h3-6,8,16H,1-2,7H2,(H,18,19). The molecule has 2 aromatic rings. The molecule has 0 aliphatic heterocycles. The molecular formula is C14H13FN2O3. The van der Waals surface area contributed by atoms with Crippen molar-refractivity contribution in [3.8, 4) is 0 Å². The van der Waals surface area contributed by atoms with E-state index in [2.05, 4.69) is 10.5 Å². The Morgan fingerprint density at radius 2 is 2.20 bits per heavy atom. The second-order valence-corrected chi connectivity index (χ2v) is 4.88. The normalized spacial score (nSPS) is 14.2. The van der Waals surface area contributed by atoms with Crippen molar-refractivity contribution in [2.45, 2.75) is 25.3 Å². The van der Waals surface area contributed by atoms with Crippen molar-refractivity contribution in [3.63, 3.8) is 0 Å². The first-order valence-electron chi connectivity index (χ1n) is 6.35. The molecule has 1 fully saturated rings. The zero-order chi connectivity index (χ0) is 14.1. The number of nitrogens with zero attached hydrogens (tertiary/aromatic N) is 1. The molecule has 3 rings (SSSR count). The van der Waals surface area contributed by atoms with E-state index in [4.69, 9.17) is 9.63 Å². The van der Waals surface area contributed by atoms with Gasteiger partial charge in [-0.1, -0.05) is 5.16 Å². The summed E-state index contributed by atoms with van der Waals surface area (Å²) < 4.78 is 18.5. The molecule has 5 nitrogen and oxygen atoms in total. The zero-order valence-corrected chi connectivity index (χ0v) is 10.6. The van der Waals surface area contributed by atoms with Gasteiger partial charge in [0.1, 0.15) is 5.82 Å². The number of rotatable bonds is 5. The molecular weight excluding hydrogens is 263 g/mol. The molecule has 0 atom stereocenters. The molecule has 0 bridgehead atoms. The maximum Gasteiger partial charge on any atom is 0.335 e. The largest absolute Gasteiger partial charge is 0.478 e. The number of carboxylic acids is 1. The Bertz CT molecular complexity index is 650. The van der Waals surface area contributed by atoms with Crippen LogP contribution in [0.2, 0.25) is 0 Å². The average molecular weight is 276 g/mol. The summed E-state index contributed by atoms with van der Waals surface area (Å²) in [6.45, 7) is 0.336. The molecule has 1 aliphatic rings. The molecule has 1 heterocycles. The van der Waals surface area contributed by atoms with Gasteiger partial charge in [-0.15, -0.1) is 0 Å². The number of nitrogens with one attached hydrogen (secondary N) is 1. The van der Waals surface area contributed by atoms with Crippen LogP contribution in [0.4, 0.5) is 10.1 Å². The monoisotopic (exact) mass is 276 g/mol. The smallest absolute Gasteiger partial charge is 0.335 e. The van der Waals surface area contributed by atoms with Crippen molar-refractivity contribution in [1.29, 1.82) is 0 Å². The minimum absolute atomic E-state index is 0.0938. The van der Waals surface area contributed by atoms with Crippen LogP contribution >= 0.6 is 0 Å². The van der Waals surface area contributed by atoms with Crippen molar-refractivity contribution >= 4 is 11.7 Å². The molecule has 6 heteroatoms. The van der Waals surface area contributed by atoms with Crippen LogP contribution in [-0.2, 0) is 6.54 Å². The van der Waals surface area contributed by atoms with E-state index < -0.39 is 11.8 Å². The van der Waals surface area contributed by atoms with E-state index in [0.29, 0.717) is 23.9 Å². The molecule has 0 saturated heterocycles. The molecule has 0 unspecified atom stereocenters. The number of halogens is 1. The molecule has 1 aromatic carbocycles. The fourth-order valence-corrected chi connectivity index (χ4v) is 1.99. The lowest BCUT2D eigenvalue weighted by Gasteiger charge is -2.05. The Hall–Kier alpha value is -2.37. The van der Waals surface area contributed by atoms with Crippen LogP contribution in [-0.4, -0.2) is 16.2 Å². The SMILES string of the molecule is O=C(O)c1cc(F)cc(NCc2cc(C3CC3)no2)c1. The Labute approximate surface area is 114 Å². The number of aromatic nitrogens is 1. The van der Waals surface area contributed by atoms with Crippen molar-refractivity contribution in [2.75, 3.05) is 5.32 Å². The maximum absolute atomic E-state index is 13.3. The fourth-order valence-electron chi connectivity index (χ4n) is 1.99. The molecule has 2 N–H and O–H groups in total. The lowest BCUT2D eigenvalue weighted by molar-refractivity contribution is 0.0696. The molecule has 1 aliphatic carbocycles. The third kappa shape index (κ3) is 2.79. The molecule has 0 radical (unpaired) electrons. The second-order valence-electron chi connectivity index (χ2n) is 4.88. The number of benzene rings is 1. The van der Waals surface area contributed by atoms with Crippen molar-refractivity contribution in [1.82, 2.24) is 5.16 Å². The lowest BCUT2D eigenvalue weighted by atomic mass is 10.2. The summed E-state index contributed by atoms with van der Waals surface area (Å²) in [4.78, 5) is 10.8. The maximum atomic E-state index is 13.3. The lowest BCUT2D eigenvalue weighted by Crippen LogP contribution is -2.02. The van der Waals surface area contributed by atoms with Crippen LogP contribution in [0.15, 0.2) is 28.8 Å². The summed E-state index contributed by atoms with van der Waals surface area (Å²) in [5.41, 5.74) is 1.25. The van der Waals surface area contributed by atoms with Crippen LogP contribution in [0.1, 0.15) is 40.6 Å². The Balaban J connectivity index is 1.69. The van der Waals surface area contributed by atoms with Crippen LogP contribution in [0.3, 0.4) is 0 Å². The van der Waals surface area contributed by atoms with Crippen LogP contribution < -0.4 is 5.32 Å². The van der Waals surface area contributed by atoms with E-state index in [1.54, 1.807) is 0 Å². The van der Waals surface area contributed by atoms with E-state index >= 15 is 0 Å². The van der Waals surface area contributed by atoms with E-state index in [-0.39, 0.29) is 5.56 Å². The predicted molar refractivity (Wildman–Crippen MR) is 69.2 cm³/mol. The van der Waals surface area contributed by atoms with E-state index in [9.17, 15) is 9.18 Å². The Kier molecular flexibility index (Phi) is 3.14. The van der Waals surface area contributed by atoms with Gasteiger partial charge in [-0.05, 0) is 31.0 Å². The van der Waals surface area contributed by atoms with Gasteiger partial charge in [0.25, 0.3) is 0 Å². The number of aromatic carboxylic acids is 1. The van der Waals surface area contributed by atoms with Gasteiger partial charge in [0.15, 0.2) is 5.76 Å². The van der Waals surface area contributed by atoms with E-state index in [0.717, 1.165) is 24.6 Å².